The van der Waals surface area contributed by atoms with Crippen LogP contribution < -0.4 is 15.5 Å². The van der Waals surface area contributed by atoms with E-state index in [0.717, 1.165) is 42.9 Å². The third kappa shape index (κ3) is 9.15. The molecule has 3 N–H and O–H groups in total. The van der Waals surface area contributed by atoms with Gasteiger partial charge in [0, 0.05) is 36.6 Å². The van der Waals surface area contributed by atoms with Gasteiger partial charge in [0.1, 0.15) is 23.5 Å². The van der Waals surface area contributed by atoms with Crippen LogP contribution >= 0.6 is 0 Å². The second-order valence-corrected chi connectivity index (χ2v) is 10.7. The Morgan fingerprint density at radius 1 is 1.07 bits per heavy atom. The summed E-state index contributed by atoms with van der Waals surface area (Å²) in [4.78, 5) is 50.2. The van der Waals surface area contributed by atoms with Gasteiger partial charge in [0.05, 0.1) is 31.9 Å². The molecule has 12 nitrogen and oxygen atoms in total. The first-order valence-corrected chi connectivity index (χ1v) is 15.5. The number of amidine groups is 2. The van der Waals surface area contributed by atoms with E-state index in [4.69, 9.17) is 19.9 Å². The zero-order valence-electron chi connectivity index (χ0n) is 26.5. The normalized spacial score (nSPS) is 14.8. The number of likely N-dealkylation sites (N-methyl/N-ethyl adjacent to an activating group) is 1. The van der Waals surface area contributed by atoms with Crippen molar-refractivity contribution in [2.75, 3.05) is 43.6 Å². The van der Waals surface area contributed by atoms with Crippen LogP contribution in [0.25, 0.3) is 0 Å². The molecule has 2 heterocycles. The number of nitrogens with zero attached hydrogens (tertiary/aromatic N) is 4. The van der Waals surface area contributed by atoms with Crippen molar-refractivity contribution in [2.24, 2.45) is 4.99 Å². The van der Waals surface area contributed by atoms with Crippen LogP contribution in [0.15, 0.2) is 82.8 Å². The molecule has 0 saturated heterocycles. The summed E-state index contributed by atoms with van der Waals surface area (Å²) in [6, 6.07) is 12.0. The summed E-state index contributed by atoms with van der Waals surface area (Å²) in [5.74, 6) is 0.470. The molecule has 1 aliphatic heterocycles. The Hall–Kier alpha value is -5.22. The number of aliphatic imine (C=N–C) groups is 1. The lowest BCUT2D eigenvalue weighted by Crippen LogP contribution is -2.35. The van der Waals surface area contributed by atoms with Crippen molar-refractivity contribution < 1.29 is 23.9 Å². The van der Waals surface area contributed by atoms with Gasteiger partial charge < -0.3 is 19.7 Å². The second kappa shape index (κ2) is 16.7. The number of anilines is 2. The second-order valence-electron chi connectivity index (χ2n) is 10.7. The number of benzene rings is 1. The van der Waals surface area contributed by atoms with Crippen LogP contribution in [0.1, 0.15) is 51.5 Å². The van der Waals surface area contributed by atoms with Gasteiger partial charge in [0.25, 0.3) is 5.91 Å². The zero-order valence-corrected chi connectivity index (χ0v) is 26.5. The maximum absolute atomic E-state index is 13.6. The van der Waals surface area contributed by atoms with Gasteiger partial charge in [-0.15, -0.1) is 0 Å². The van der Waals surface area contributed by atoms with E-state index in [0.29, 0.717) is 30.1 Å². The molecule has 46 heavy (non-hydrogen) atoms. The van der Waals surface area contributed by atoms with E-state index in [1.54, 1.807) is 55.6 Å². The number of amides is 2. The van der Waals surface area contributed by atoms with E-state index in [-0.39, 0.29) is 43.3 Å². The molecule has 12 heteroatoms. The minimum Gasteiger partial charge on any atom is -0.466 e. The number of hydrogen-bond acceptors (Lipinski definition) is 10. The van der Waals surface area contributed by atoms with Crippen LogP contribution in [-0.2, 0) is 19.1 Å². The SMILES string of the molecule is CCCCCCOC(=O)NC(=N)c1ccc(NCC2=NC3C=C(C(=O)N(CCC(=O)OCC)c4ccccn4)C=C=C3N2C)cc1. The highest BCUT2D eigenvalue weighted by Crippen LogP contribution is 2.26. The number of aromatic nitrogens is 1. The molecular formula is C34H41N7O5. The minimum absolute atomic E-state index is 0.0348. The smallest absolute Gasteiger partial charge is 0.412 e. The standard InChI is InChI=1S/C34H41N7O5/c1-4-6-7-10-21-46-34(44)39-32(35)24-12-15-26(16-13-24)37-23-30-38-27-22-25(14-17-28(27)40(30)3)33(43)41(20-18-31(42)45-5-2)29-11-8-9-19-36-29/h8-9,11-16,19,22,27,37H,4-7,10,18,20-21,23H2,1-3H3,(H2,35,39,44). The van der Waals surface area contributed by atoms with Crippen molar-refractivity contribution in [1.29, 1.82) is 5.41 Å². The Bertz CT molecular complexity index is 1530. The van der Waals surface area contributed by atoms with Crippen LogP contribution in [0.5, 0.6) is 0 Å². The summed E-state index contributed by atoms with van der Waals surface area (Å²) >= 11 is 0. The molecular weight excluding hydrogens is 586 g/mol. The molecule has 0 spiro atoms. The monoisotopic (exact) mass is 627 g/mol. The summed E-state index contributed by atoms with van der Waals surface area (Å²) in [5, 5.41) is 14.0. The van der Waals surface area contributed by atoms with E-state index in [9.17, 15) is 14.4 Å². The highest BCUT2D eigenvalue weighted by molar-refractivity contribution is 6.08. The zero-order chi connectivity index (χ0) is 32.9. The van der Waals surface area contributed by atoms with Gasteiger partial charge in [-0.1, -0.05) is 38.0 Å². The van der Waals surface area contributed by atoms with Crippen molar-refractivity contribution in [1.82, 2.24) is 15.2 Å². The molecule has 2 amide bonds. The molecule has 1 unspecified atom stereocenters. The number of pyridine rings is 1. The molecule has 4 rings (SSSR count). The molecule has 0 radical (unpaired) electrons. The summed E-state index contributed by atoms with van der Waals surface area (Å²) in [7, 11) is 1.90. The summed E-state index contributed by atoms with van der Waals surface area (Å²) in [5.41, 5.74) is 5.80. The molecule has 2 aromatic rings. The van der Waals surface area contributed by atoms with Crippen molar-refractivity contribution >= 4 is 41.1 Å². The Morgan fingerprint density at radius 3 is 2.59 bits per heavy atom. The number of ether oxygens (including phenoxy) is 2. The number of alkyl carbamates (subject to hydrolysis) is 1. The van der Waals surface area contributed by atoms with Gasteiger partial charge in [0.15, 0.2) is 0 Å². The van der Waals surface area contributed by atoms with Crippen molar-refractivity contribution in [3.63, 3.8) is 0 Å². The number of rotatable bonds is 15. The third-order valence-electron chi connectivity index (χ3n) is 7.37. The van der Waals surface area contributed by atoms with E-state index in [1.807, 2.05) is 24.1 Å². The molecule has 1 aromatic heterocycles. The number of carbonyl (C=O) groups is 3. The summed E-state index contributed by atoms with van der Waals surface area (Å²) < 4.78 is 10.2. The Labute approximate surface area is 269 Å². The van der Waals surface area contributed by atoms with E-state index >= 15 is 0 Å². The first-order chi connectivity index (χ1) is 22.3. The van der Waals surface area contributed by atoms with Gasteiger partial charge in [0.2, 0.25) is 0 Å². The summed E-state index contributed by atoms with van der Waals surface area (Å²) in [6.45, 7) is 5.00. The quantitative estimate of drug-likeness (QED) is 0.0838. The minimum atomic E-state index is -0.629. The van der Waals surface area contributed by atoms with Gasteiger partial charge in [-0.3, -0.25) is 30.2 Å². The predicted octanol–water partition coefficient (Wildman–Crippen LogP) is 4.80. The third-order valence-corrected chi connectivity index (χ3v) is 7.37. The van der Waals surface area contributed by atoms with Gasteiger partial charge in [-0.25, -0.2) is 9.78 Å². The van der Waals surface area contributed by atoms with E-state index in [1.165, 1.54) is 4.90 Å². The Morgan fingerprint density at radius 2 is 1.87 bits per heavy atom. The number of nitrogens with one attached hydrogen (secondary N) is 3. The lowest BCUT2D eigenvalue weighted by Gasteiger charge is -2.23. The first kappa shape index (κ1) is 33.7. The molecule has 1 atom stereocenters. The highest BCUT2D eigenvalue weighted by atomic mass is 16.5. The fourth-order valence-electron chi connectivity index (χ4n) is 4.88. The van der Waals surface area contributed by atoms with Crippen LogP contribution in [0.3, 0.4) is 0 Å². The molecule has 1 aromatic carbocycles. The number of esters is 1. The molecule has 1 aliphatic carbocycles. The number of hydrogen-bond donors (Lipinski definition) is 3. The highest BCUT2D eigenvalue weighted by Gasteiger charge is 2.31. The average molecular weight is 628 g/mol. The Kier molecular flexibility index (Phi) is 12.3. The molecule has 2 aliphatic rings. The number of fused-ring (bicyclic) bond motifs is 1. The molecule has 0 fully saturated rings. The van der Waals surface area contributed by atoms with Gasteiger partial charge >= 0.3 is 12.1 Å². The van der Waals surface area contributed by atoms with Gasteiger partial charge in [-0.05, 0) is 61.9 Å². The maximum Gasteiger partial charge on any atom is 0.412 e. The number of carbonyl (C=O) groups excluding carboxylic acids is 3. The van der Waals surface area contributed by atoms with Crippen molar-refractivity contribution in [3.05, 3.63) is 83.4 Å². The molecule has 0 saturated carbocycles. The number of unbranched alkanes of at least 4 members (excludes halogenated alkanes) is 3. The maximum atomic E-state index is 13.6. The van der Waals surface area contributed by atoms with Crippen LogP contribution in [0.2, 0.25) is 0 Å². The van der Waals surface area contributed by atoms with Crippen molar-refractivity contribution in [2.45, 2.75) is 52.0 Å². The Balaban J connectivity index is 1.34. The predicted molar refractivity (Wildman–Crippen MR) is 177 cm³/mol. The van der Waals surface area contributed by atoms with Crippen LogP contribution in [-0.4, -0.2) is 78.9 Å². The first-order valence-electron chi connectivity index (χ1n) is 15.5. The van der Waals surface area contributed by atoms with Gasteiger partial charge in [-0.2, -0.15) is 0 Å². The van der Waals surface area contributed by atoms with E-state index < -0.39 is 6.09 Å². The fourth-order valence-corrected chi connectivity index (χ4v) is 4.88. The fraction of sp³-hybridized carbons (Fsp3) is 0.382. The molecule has 242 valence electrons. The van der Waals surface area contributed by atoms with Crippen molar-refractivity contribution in [3.8, 4) is 0 Å². The summed E-state index contributed by atoms with van der Waals surface area (Å²) in [6.07, 6.45) is 8.47. The molecule has 0 bridgehead atoms. The lowest BCUT2D eigenvalue weighted by molar-refractivity contribution is -0.142. The van der Waals surface area contributed by atoms with Crippen LogP contribution in [0, 0.1) is 5.41 Å². The van der Waals surface area contributed by atoms with E-state index in [2.05, 4.69) is 28.3 Å². The van der Waals surface area contributed by atoms with Crippen LogP contribution in [0.4, 0.5) is 16.3 Å². The largest absolute Gasteiger partial charge is 0.466 e. The topological polar surface area (TPSA) is 149 Å². The average Bonchev–Trinajstić information content (AvgIpc) is 3.38. The lowest BCUT2D eigenvalue weighted by atomic mass is 10.0.